The van der Waals surface area contributed by atoms with Crippen LogP contribution >= 0.6 is 0 Å². The van der Waals surface area contributed by atoms with Gasteiger partial charge in [-0.2, -0.15) is 8.78 Å². The van der Waals surface area contributed by atoms with E-state index in [0.717, 1.165) is 16.8 Å². The van der Waals surface area contributed by atoms with Gasteiger partial charge in [0.25, 0.3) is 5.91 Å². The Bertz CT molecular complexity index is 759. The van der Waals surface area contributed by atoms with Crippen LogP contribution in [0, 0.1) is 0 Å². The minimum atomic E-state index is -3.28. The van der Waals surface area contributed by atoms with Crippen LogP contribution in [-0.2, 0) is 10.3 Å². The minimum Gasteiger partial charge on any atom is -0.386 e. The Hall–Kier alpha value is -2.45. The molecule has 0 spiro atoms. The van der Waals surface area contributed by atoms with E-state index in [0.29, 0.717) is 5.56 Å². The summed E-state index contributed by atoms with van der Waals surface area (Å²) in [6.45, 7) is 2.51. The van der Waals surface area contributed by atoms with E-state index in [1.54, 1.807) is 23.6 Å². The van der Waals surface area contributed by atoms with Gasteiger partial charge in [-0.05, 0) is 31.0 Å². The number of nitrogens with zero attached hydrogens (tertiary/aromatic N) is 1. The molecule has 0 aliphatic carbocycles. The number of carbonyl (C=O) groups excluding carboxylic acids is 1. The molecule has 1 aromatic heterocycles. The molecule has 2 rings (SSSR count). The zero-order valence-corrected chi connectivity index (χ0v) is 15.0. The molecular formula is C19H22F3N3O2. The Kier molecular flexibility index (Phi) is 6.56. The molecule has 0 saturated carbocycles. The van der Waals surface area contributed by atoms with Crippen molar-refractivity contribution in [2.75, 3.05) is 6.67 Å². The smallest absolute Gasteiger partial charge is 0.315 e. The Morgan fingerprint density at radius 1 is 1.19 bits per heavy atom. The largest absolute Gasteiger partial charge is 0.386 e. The highest BCUT2D eigenvalue weighted by molar-refractivity contribution is 5.79. The molecule has 27 heavy (non-hydrogen) atoms. The molecule has 0 aliphatic heterocycles. The van der Waals surface area contributed by atoms with E-state index in [2.05, 4.69) is 4.98 Å². The number of rotatable bonds is 7. The molecule has 0 aliphatic rings. The second-order valence-corrected chi connectivity index (χ2v) is 6.79. The van der Waals surface area contributed by atoms with Crippen LogP contribution in [0.1, 0.15) is 31.2 Å². The van der Waals surface area contributed by atoms with Crippen molar-refractivity contribution in [3.8, 4) is 11.1 Å². The lowest BCUT2D eigenvalue weighted by molar-refractivity contribution is -0.133. The van der Waals surface area contributed by atoms with E-state index in [9.17, 15) is 23.1 Å². The molecule has 1 amide bonds. The molecule has 8 heteroatoms. The fraction of sp³-hybridized carbons (Fsp3) is 0.368. The number of aliphatic hydroxyl groups is 1. The molecular weight excluding hydrogens is 359 g/mol. The van der Waals surface area contributed by atoms with Gasteiger partial charge >= 0.3 is 6.43 Å². The van der Waals surface area contributed by atoms with Crippen molar-refractivity contribution in [3.63, 3.8) is 0 Å². The van der Waals surface area contributed by atoms with Crippen LogP contribution in [0.3, 0.4) is 0 Å². The molecule has 0 bridgehead atoms. The van der Waals surface area contributed by atoms with Gasteiger partial charge in [-0.15, -0.1) is 0 Å². The van der Waals surface area contributed by atoms with Crippen molar-refractivity contribution < 1.29 is 23.1 Å². The summed E-state index contributed by atoms with van der Waals surface area (Å²) >= 11 is 0. The topological polar surface area (TPSA) is 88.2 Å². The number of aromatic nitrogens is 1. The average molecular weight is 381 g/mol. The van der Waals surface area contributed by atoms with Crippen molar-refractivity contribution in [1.82, 2.24) is 10.3 Å². The van der Waals surface area contributed by atoms with Gasteiger partial charge in [-0.25, -0.2) is 4.39 Å². The summed E-state index contributed by atoms with van der Waals surface area (Å²) in [6, 6.07) is 8.67. The maximum absolute atomic E-state index is 13.1. The molecule has 1 heterocycles. The van der Waals surface area contributed by atoms with Gasteiger partial charge in [-0.1, -0.05) is 30.3 Å². The first-order valence-electron chi connectivity index (χ1n) is 8.31. The summed E-state index contributed by atoms with van der Waals surface area (Å²) in [5, 5.41) is 12.0. The fourth-order valence-corrected chi connectivity index (χ4v) is 2.50. The van der Waals surface area contributed by atoms with Crippen molar-refractivity contribution in [3.05, 3.63) is 53.9 Å². The molecule has 146 valence electrons. The monoisotopic (exact) mass is 381 g/mol. The summed E-state index contributed by atoms with van der Waals surface area (Å²) in [5.74, 6) is -1.62. The maximum atomic E-state index is 13.1. The van der Waals surface area contributed by atoms with Crippen LogP contribution in [0.15, 0.2) is 42.6 Å². The molecule has 0 radical (unpaired) electrons. The molecule has 4 N–H and O–H groups in total. The second kappa shape index (κ2) is 8.49. The lowest BCUT2D eigenvalue weighted by atomic mass is 9.97. The Balaban J connectivity index is 2.15. The Morgan fingerprint density at radius 3 is 2.22 bits per heavy atom. The van der Waals surface area contributed by atoms with Crippen LogP contribution in [0.4, 0.5) is 13.2 Å². The van der Waals surface area contributed by atoms with Crippen molar-refractivity contribution in [2.24, 2.45) is 5.73 Å². The molecule has 0 saturated heterocycles. The molecule has 0 unspecified atom stereocenters. The zero-order valence-electron chi connectivity index (χ0n) is 15.0. The summed E-state index contributed by atoms with van der Waals surface area (Å²) in [4.78, 5) is 15.4. The van der Waals surface area contributed by atoms with Crippen molar-refractivity contribution in [1.29, 1.82) is 0 Å². The number of nitrogens with one attached hydrogen (secondary N) is 1. The predicted octanol–water partition coefficient (Wildman–Crippen LogP) is 2.70. The molecule has 1 aromatic carbocycles. The summed E-state index contributed by atoms with van der Waals surface area (Å²) in [7, 11) is 0. The number of hydrogen-bond donors (Lipinski definition) is 3. The number of benzene rings is 1. The summed E-state index contributed by atoms with van der Waals surface area (Å²) in [6.07, 6.45) is -3.06. The van der Waals surface area contributed by atoms with Gasteiger partial charge in [0.05, 0.1) is 17.3 Å². The number of amides is 1. The standard InChI is InChI=1S/C19H22F3N3O2/c1-19(2,23)15-8-7-13(10-24-15)11-3-5-12(6-4-11)16(26)14(9-20)25-18(27)17(21)22/h3-8,10,14,16-17,26H,9,23H2,1-2H3,(H,25,27)/t14-,16+/m1/s1. The van der Waals surface area contributed by atoms with Crippen LogP contribution in [0.2, 0.25) is 0 Å². The number of alkyl halides is 3. The van der Waals surface area contributed by atoms with Gasteiger partial charge in [0, 0.05) is 11.8 Å². The third-order valence-electron chi connectivity index (χ3n) is 4.08. The van der Waals surface area contributed by atoms with Crippen molar-refractivity contribution >= 4 is 5.91 Å². The molecule has 5 nitrogen and oxygen atoms in total. The average Bonchev–Trinajstić information content (AvgIpc) is 2.64. The minimum absolute atomic E-state index is 0.295. The lowest BCUT2D eigenvalue weighted by Gasteiger charge is -2.22. The highest BCUT2D eigenvalue weighted by Crippen LogP contribution is 2.25. The normalized spacial score (nSPS) is 14.1. The quantitative estimate of drug-likeness (QED) is 0.688. The van der Waals surface area contributed by atoms with Gasteiger partial charge in [0.15, 0.2) is 0 Å². The van der Waals surface area contributed by atoms with Gasteiger partial charge in [0.2, 0.25) is 0 Å². The van der Waals surface area contributed by atoms with E-state index < -0.39 is 36.7 Å². The highest BCUT2D eigenvalue weighted by atomic mass is 19.3. The maximum Gasteiger partial charge on any atom is 0.315 e. The van der Waals surface area contributed by atoms with Crippen molar-refractivity contribution in [2.45, 2.75) is 38.0 Å². The van der Waals surface area contributed by atoms with Crippen LogP contribution in [-0.4, -0.2) is 35.1 Å². The van der Waals surface area contributed by atoms with E-state index in [-0.39, 0.29) is 0 Å². The zero-order chi connectivity index (χ0) is 20.2. The predicted molar refractivity (Wildman–Crippen MR) is 95.8 cm³/mol. The van der Waals surface area contributed by atoms with Gasteiger partial charge in [0.1, 0.15) is 12.8 Å². The van der Waals surface area contributed by atoms with Gasteiger partial charge in [-0.3, -0.25) is 9.78 Å². The first kappa shape index (κ1) is 20.9. The number of halogens is 3. The second-order valence-electron chi connectivity index (χ2n) is 6.79. The fourth-order valence-electron chi connectivity index (χ4n) is 2.50. The Morgan fingerprint density at radius 2 is 1.78 bits per heavy atom. The third kappa shape index (κ3) is 5.27. The van der Waals surface area contributed by atoms with E-state index >= 15 is 0 Å². The number of nitrogens with two attached hydrogens (primary N) is 1. The number of pyridine rings is 1. The number of aliphatic hydroxyl groups excluding tert-OH is 1. The van der Waals surface area contributed by atoms with Crippen LogP contribution < -0.4 is 11.1 Å². The van der Waals surface area contributed by atoms with E-state index in [1.807, 2.05) is 26.0 Å². The third-order valence-corrected chi connectivity index (χ3v) is 4.08. The molecule has 0 fully saturated rings. The molecule has 2 aromatic rings. The van der Waals surface area contributed by atoms with E-state index in [4.69, 9.17) is 5.73 Å². The lowest BCUT2D eigenvalue weighted by Crippen LogP contribution is -2.43. The summed E-state index contributed by atoms with van der Waals surface area (Å²) in [5.41, 5.74) is 8.08. The SMILES string of the molecule is CC(C)(N)c1ccc(-c2ccc([C@H](O)[C@@H](CF)NC(=O)C(F)F)cc2)cn1. The number of hydrogen-bond acceptors (Lipinski definition) is 4. The first-order valence-corrected chi connectivity index (χ1v) is 8.31. The van der Waals surface area contributed by atoms with Gasteiger partial charge < -0.3 is 16.2 Å². The number of carbonyl (C=O) groups is 1. The van der Waals surface area contributed by atoms with Crippen LogP contribution in [0.5, 0.6) is 0 Å². The van der Waals surface area contributed by atoms with E-state index in [1.165, 1.54) is 12.1 Å². The molecule has 2 atom stereocenters. The summed E-state index contributed by atoms with van der Waals surface area (Å²) < 4.78 is 37.7. The Labute approximate surface area is 155 Å². The van der Waals surface area contributed by atoms with Crippen LogP contribution in [0.25, 0.3) is 11.1 Å². The first-order chi connectivity index (χ1) is 12.6. The highest BCUT2D eigenvalue weighted by Gasteiger charge is 2.26.